The fraction of sp³-hybridized carbons (Fsp3) is 0.429. The first kappa shape index (κ1) is 15.3. The number of carboxylic acids is 1. The van der Waals surface area contributed by atoms with Crippen LogP contribution in [0.3, 0.4) is 0 Å². The summed E-state index contributed by atoms with van der Waals surface area (Å²) in [6.07, 6.45) is -3.51. The summed E-state index contributed by atoms with van der Waals surface area (Å²) in [5.41, 5.74) is -0.962. The van der Waals surface area contributed by atoms with E-state index in [4.69, 9.17) is 5.11 Å². The number of halogens is 3. The van der Waals surface area contributed by atoms with Gasteiger partial charge in [-0.05, 0) is 31.0 Å². The van der Waals surface area contributed by atoms with E-state index in [0.29, 0.717) is 19.4 Å². The van der Waals surface area contributed by atoms with Gasteiger partial charge >= 0.3 is 12.1 Å². The van der Waals surface area contributed by atoms with Crippen molar-refractivity contribution in [3.05, 3.63) is 35.4 Å². The number of amides is 1. The minimum atomic E-state index is -4.51. The molecular weight excluding hydrogens is 287 g/mol. The minimum absolute atomic E-state index is 0.0322. The molecule has 1 N–H and O–H groups in total. The summed E-state index contributed by atoms with van der Waals surface area (Å²) in [6.45, 7) is 0.392. The summed E-state index contributed by atoms with van der Waals surface area (Å²) in [4.78, 5) is 24.5. The summed E-state index contributed by atoms with van der Waals surface area (Å²) >= 11 is 0. The Kier molecular flexibility index (Phi) is 4.20. The largest absolute Gasteiger partial charge is 0.481 e. The number of benzene rings is 1. The lowest BCUT2D eigenvalue weighted by Crippen LogP contribution is -2.42. The Morgan fingerprint density at radius 1 is 1.29 bits per heavy atom. The van der Waals surface area contributed by atoms with Gasteiger partial charge in [-0.2, -0.15) is 13.2 Å². The van der Waals surface area contributed by atoms with Gasteiger partial charge in [-0.15, -0.1) is 0 Å². The average molecular weight is 301 g/mol. The molecule has 0 aliphatic carbocycles. The summed E-state index contributed by atoms with van der Waals surface area (Å²) in [6, 6.07) is 4.18. The second-order valence-corrected chi connectivity index (χ2v) is 5.01. The Balaban J connectivity index is 2.18. The molecule has 1 atom stereocenters. The van der Waals surface area contributed by atoms with E-state index in [1.54, 1.807) is 0 Å². The average Bonchev–Trinajstić information content (AvgIpc) is 2.46. The Labute approximate surface area is 119 Å². The van der Waals surface area contributed by atoms with Gasteiger partial charge in [0.1, 0.15) is 0 Å². The number of carboxylic acid groups (broad SMARTS) is 1. The quantitative estimate of drug-likeness (QED) is 0.913. The van der Waals surface area contributed by atoms with E-state index in [0.717, 1.165) is 12.1 Å². The van der Waals surface area contributed by atoms with Crippen LogP contribution in [0.1, 0.15) is 28.8 Å². The predicted octanol–water partition coefficient (Wildman–Crippen LogP) is 2.64. The second-order valence-electron chi connectivity index (χ2n) is 5.01. The van der Waals surface area contributed by atoms with Crippen LogP contribution in [0.15, 0.2) is 24.3 Å². The van der Waals surface area contributed by atoms with Crippen molar-refractivity contribution < 1.29 is 27.9 Å². The normalized spacial score (nSPS) is 19.4. The number of carbonyl (C=O) groups is 2. The molecule has 0 saturated carbocycles. The highest BCUT2D eigenvalue weighted by Crippen LogP contribution is 2.30. The maximum Gasteiger partial charge on any atom is 0.416 e. The van der Waals surface area contributed by atoms with Gasteiger partial charge in [0.2, 0.25) is 0 Å². The molecule has 4 nitrogen and oxygen atoms in total. The summed E-state index contributed by atoms with van der Waals surface area (Å²) in [5.74, 6) is -2.21. The molecule has 1 amide bonds. The van der Waals surface area contributed by atoms with Crippen LogP contribution in [0, 0.1) is 5.92 Å². The molecule has 0 spiro atoms. The standard InChI is InChI=1S/C14H14F3NO3/c15-14(16,17)11-5-1-3-9(7-11)12(19)18-6-2-4-10(8-18)13(20)21/h1,3,5,7,10H,2,4,6,8H2,(H,20,21)/t10-/m1/s1. The highest BCUT2D eigenvalue weighted by Gasteiger charge is 2.32. The van der Waals surface area contributed by atoms with Crippen molar-refractivity contribution >= 4 is 11.9 Å². The van der Waals surface area contributed by atoms with E-state index in [2.05, 4.69) is 0 Å². The summed E-state index contributed by atoms with van der Waals surface area (Å²) in [7, 11) is 0. The second kappa shape index (κ2) is 5.75. The number of hydrogen-bond acceptors (Lipinski definition) is 2. The van der Waals surface area contributed by atoms with E-state index in [9.17, 15) is 22.8 Å². The van der Waals surface area contributed by atoms with Crippen molar-refractivity contribution in [1.82, 2.24) is 4.90 Å². The highest BCUT2D eigenvalue weighted by atomic mass is 19.4. The third-order valence-electron chi connectivity index (χ3n) is 3.49. The zero-order chi connectivity index (χ0) is 15.6. The van der Waals surface area contributed by atoms with E-state index in [1.165, 1.54) is 17.0 Å². The van der Waals surface area contributed by atoms with Crippen molar-refractivity contribution in [2.24, 2.45) is 5.92 Å². The molecule has 1 aromatic rings. The van der Waals surface area contributed by atoms with Gasteiger partial charge in [-0.3, -0.25) is 9.59 Å². The lowest BCUT2D eigenvalue weighted by atomic mass is 9.97. The molecule has 0 radical (unpaired) electrons. The molecule has 1 aliphatic heterocycles. The third-order valence-corrected chi connectivity index (χ3v) is 3.49. The Bertz CT molecular complexity index is 557. The monoisotopic (exact) mass is 301 g/mol. The lowest BCUT2D eigenvalue weighted by molar-refractivity contribution is -0.143. The van der Waals surface area contributed by atoms with Gasteiger partial charge in [-0.1, -0.05) is 6.07 Å². The molecule has 7 heteroatoms. The Morgan fingerprint density at radius 3 is 2.62 bits per heavy atom. The van der Waals surface area contributed by atoms with Crippen LogP contribution < -0.4 is 0 Å². The number of alkyl halides is 3. The molecule has 2 rings (SSSR count). The smallest absolute Gasteiger partial charge is 0.416 e. The molecule has 21 heavy (non-hydrogen) atoms. The lowest BCUT2D eigenvalue weighted by Gasteiger charge is -2.30. The molecular formula is C14H14F3NO3. The van der Waals surface area contributed by atoms with E-state index >= 15 is 0 Å². The fourth-order valence-corrected chi connectivity index (χ4v) is 2.37. The number of carbonyl (C=O) groups excluding carboxylic acids is 1. The van der Waals surface area contributed by atoms with E-state index in [1.807, 2.05) is 0 Å². The molecule has 114 valence electrons. The maximum absolute atomic E-state index is 12.6. The van der Waals surface area contributed by atoms with Crippen LogP contribution >= 0.6 is 0 Å². The van der Waals surface area contributed by atoms with Gasteiger partial charge in [-0.25, -0.2) is 0 Å². The first-order valence-electron chi connectivity index (χ1n) is 6.48. The number of piperidine rings is 1. The summed E-state index contributed by atoms with van der Waals surface area (Å²) < 4.78 is 37.9. The first-order valence-corrected chi connectivity index (χ1v) is 6.48. The molecule has 0 bridgehead atoms. The van der Waals surface area contributed by atoms with E-state index in [-0.39, 0.29) is 12.1 Å². The van der Waals surface area contributed by atoms with Gasteiger partial charge in [0.15, 0.2) is 0 Å². The number of rotatable bonds is 2. The number of aliphatic carboxylic acids is 1. The van der Waals surface area contributed by atoms with E-state index < -0.39 is 29.5 Å². The Hall–Kier alpha value is -2.05. The third kappa shape index (κ3) is 3.53. The van der Waals surface area contributed by atoms with Crippen molar-refractivity contribution in [2.45, 2.75) is 19.0 Å². The van der Waals surface area contributed by atoms with Gasteiger partial charge < -0.3 is 10.0 Å². The van der Waals surface area contributed by atoms with Crippen molar-refractivity contribution in [3.63, 3.8) is 0 Å². The topological polar surface area (TPSA) is 57.6 Å². The fourth-order valence-electron chi connectivity index (χ4n) is 2.37. The Morgan fingerprint density at radius 2 is 2.00 bits per heavy atom. The SMILES string of the molecule is O=C(O)[C@@H]1CCCN(C(=O)c2cccc(C(F)(F)F)c2)C1. The minimum Gasteiger partial charge on any atom is -0.481 e. The maximum atomic E-state index is 12.6. The van der Waals surface area contributed by atoms with Gasteiger partial charge in [0.25, 0.3) is 5.91 Å². The van der Waals surface area contributed by atoms with Crippen LogP contribution in [0.2, 0.25) is 0 Å². The molecule has 1 aromatic carbocycles. The molecule has 1 fully saturated rings. The molecule has 1 saturated heterocycles. The van der Waals surface area contributed by atoms with Gasteiger partial charge in [0.05, 0.1) is 11.5 Å². The molecule has 0 unspecified atom stereocenters. The highest BCUT2D eigenvalue weighted by molar-refractivity contribution is 5.94. The number of hydrogen-bond donors (Lipinski definition) is 1. The van der Waals surface area contributed by atoms with Crippen LogP contribution in [0.5, 0.6) is 0 Å². The van der Waals surface area contributed by atoms with Crippen molar-refractivity contribution in [2.75, 3.05) is 13.1 Å². The summed E-state index contributed by atoms with van der Waals surface area (Å²) in [5, 5.41) is 8.97. The zero-order valence-electron chi connectivity index (χ0n) is 11.1. The molecule has 0 aromatic heterocycles. The zero-order valence-corrected chi connectivity index (χ0v) is 11.1. The van der Waals surface area contributed by atoms with Crippen LogP contribution in [0.4, 0.5) is 13.2 Å². The predicted molar refractivity (Wildman–Crippen MR) is 67.7 cm³/mol. The first-order chi connectivity index (χ1) is 9.79. The van der Waals surface area contributed by atoms with Gasteiger partial charge in [0, 0.05) is 18.7 Å². The number of likely N-dealkylation sites (tertiary alicyclic amines) is 1. The van der Waals surface area contributed by atoms with Crippen molar-refractivity contribution in [1.29, 1.82) is 0 Å². The molecule has 1 heterocycles. The number of nitrogens with zero attached hydrogens (tertiary/aromatic N) is 1. The van der Waals surface area contributed by atoms with Crippen LogP contribution in [-0.4, -0.2) is 35.0 Å². The van der Waals surface area contributed by atoms with Crippen LogP contribution in [0.25, 0.3) is 0 Å². The van der Waals surface area contributed by atoms with Crippen molar-refractivity contribution in [3.8, 4) is 0 Å². The molecule has 1 aliphatic rings. The van der Waals surface area contributed by atoms with Crippen LogP contribution in [-0.2, 0) is 11.0 Å².